The number of anilines is 3. The minimum absolute atomic E-state index is 0.0294. The third-order valence-electron chi connectivity index (χ3n) is 5.42. The molecule has 1 aromatic heterocycles. The van der Waals surface area contributed by atoms with Crippen LogP contribution in [0.5, 0.6) is 0 Å². The number of aromatic nitrogens is 1. The van der Waals surface area contributed by atoms with Crippen LogP contribution in [0, 0.1) is 0 Å². The van der Waals surface area contributed by atoms with E-state index in [9.17, 15) is 22.8 Å². The van der Waals surface area contributed by atoms with Crippen molar-refractivity contribution in [3.05, 3.63) is 77.1 Å². The van der Waals surface area contributed by atoms with E-state index in [0.29, 0.717) is 37.6 Å². The van der Waals surface area contributed by atoms with Gasteiger partial charge in [0.2, 0.25) is 0 Å². The van der Waals surface area contributed by atoms with Crippen LogP contribution in [0.2, 0.25) is 5.02 Å². The van der Waals surface area contributed by atoms with Crippen LogP contribution in [-0.2, 0) is 6.18 Å². The molecule has 2 aromatic carbocycles. The fourth-order valence-electron chi connectivity index (χ4n) is 3.67. The number of urea groups is 1. The number of H-pyrrole nitrogens is 1. The molecular formula is C23H21ClF3N5O2. The average molecular weight is 492 g/mol. The molecule has 0 atom stereocenters. The number of halogens is 4. The molecule has 0 radical (unpaired) electrons. The van der Waals surface area contributed by atoms with Gasteiger partial charge in [0.1, 0.15) is 5.69 Å². The summed E-state index contributed by atoms with van der Waals surface area (Å²) in [6.45, 7) is 2.50. The van der Waals surface area contributed by atoms with E-state index in [1.165, 1.54) is 6.07 Å². The van der Waals surface area contributed by atoms with Gasteiger partial charge in [-0.15, -0.1) is 0 Å². The molecule has 1 aliphatic heterocycles. The Morgan fingerprint density at radius 2 is 1.56 bits per heavy atom. The first-order valence-electron chi connectivity index (χ1n) is 10.4. The maximum atomic E-state index is 13.0. The van der Waals surface area contributed by atoms with Crippen molar-refractivity contribution < 1.29 is 22.8 Å². The number of aromatic amines is 1. The normalized spacial score (nSPS) is 14.1. The van der Waals surface area contributed by atoms with Gasteiger partial charge < -0.3 is 25.4 Å². The molecule has 0 unspecified atom stereocenters. The predicted molar refractivity (Wildman–Crippen MR) is 124 cm³/mol. The highest BCUT2D eigenvalue weighted by molar-refractivity contribution is 6.31. The lowest BCUT2D eigenvalue weighted by atomic mass is 10.2. The third kappa shape index (κ3) is 5.45. The summed E-state index contributed by atoms with van der Waals surface area (Å²) in [6.07, 6.45) is -2.91. The van der Waals surface area contributed by atoms with Crippen LogP contribution in [0.4, 0.5) is 35.0 Å². The van der Waals surface area contributed by atoms with Crippen LogP contribution in [-0.4, -0.2) is 48.0 Å². The van der Waals surface area contributed by atoms with Gasteiger partial charge in [0.05, 0.1) is 10.6 Å². The van der Waals surface area contributed by atoms with Crippen molar-refractivity contribution in [3.8, 4) is 0 Å². The predicted octanol–water partition coefficient (Wildman–Crippen LogP) is 5.29. The molecule has 7 nitrogen and oxygen atoms in total. The summed E-state index contributed by atoms with van der Waals surface area (Å²) < 4.78 is 39.0. The Bertz CT molecular complexity index is 1160. The number of amides is 3. The Morgan fingerprint density at radius 3 is 2.18 bits per heavy atom. The number of nitrogens with one attached hydrogen (secondary N) is 3. The van der Waals surface area contributed by atoms with Gasteiger partial charge in [0, 0.05) is 49.4 Å². The number of hydrogen-bond donors (Lipinski definition) is 3. The largest absolute Gasteiger partial charge is 0.417 e. The van der Waals surface area contributed by atoms with Crippen LogP contribution < -0.4 is 15.5 Å². The Kier molecular flexibility index (Phi) is 6.69. The van der Waals surface area contributed by atoms with Crippen molar-refractivity contribution in [2.75, 3.05) is 41.7 Å². The monoisotopic (exact) mass is 491 g/mol. The molecule has 0 bridgehead atoms. The van der Waals surface area contributed by atoms with Crippen LogP contribution in [0.3, 0.4) is 0 Å². The van der Waals surface area contributed by atoms with Crippen molar-refractivity contribution >= 4 is 40.6 Å². The smallest absolute Gasteiger partial charge is 0.368 e. The maximum absolute atomic E-state index is 13.0. The molecule has 11 heteroatoms. The molecule has 3 aromatic rings. The van der Waals surface area contributed by atoms with Crippen LogP contribution in [0.25, 0.3) is 0 Å². The molecule has 3 N–H and O–H groups in total. The summed E-state index contributed by atoms with van der Waals surface area (Å²) in [5.74, 6) is -0.0294. The topological polar surface area (TPSA) is 80.5 Å². The lowest BCUT2D eigenvalue weighted by molar-refractivity contribution is -0.137. The van der Waals surface area contributed by atoms with Crippen LogP contribution in [0.1, 0.15) is 16.1 Å². The summed E-state index contributed by atoms with van der Waals surface area (Å²) >= 11 is 5.60. The number of rotatable bonds is 4. The van der Waals surface area contributed by atoms with Crippen molar-refractivity contribution in [2.45, 2.75) is 6.18 Å². The Morgan fingerprint density at radius 1 is 0.912 bits per heavy atom. The van der Waals surface area contributed by atoms with Gasteiger partial charge in [0.25, 0.3) is 5.91 Å². The molecule has 0 spiro atoms. The Hall–Kier alpha value is -3.66. The molecule has 3 amide bonds. The highest BCUT2D eigenvalue weighted by Gasteiger charge is 2.33. The first-order valence-corrected chi connectivity index (χ1v) is 10.8. The second-order valence-corrected chi connectivity index (χ2v) is 8.09. The van der Waals surface area contributed by atoms with Crippen molar-refractivity contribution in [1.29, 1.82) is 0 Å². The highest BCUT2D eigenvalue weighted by atomic mass is 35.5. The minimum atomic E-state index is -4.62. The summed E-state index contributed by atoms with van der Waals surface area (Å²) in [6, 6.07) is 13.1. The molecule has 0 aliphatic carbocycles. The van der Waals surface area contributed by atoms with E-state index in [1.807, 2.05) is 12.1 Å². The summed E-state index contributed by atoms with van der Waals surface area (Å²) in [5, 5.41) is 4.53. The van der Waals surface area contributed by atoms with Crippen molar-refractivity contribution in [1.82, 2.24) is 9.88 Å². The number of piperazine rings is 1. The quantitative estimate of drug-likeness (QED) is 0.463. The molecular weight excluding hydrogens is 471 g/mol. The van der Waals surface area contributed by atoms with Crippen LogP contribution in [0.15, 0.2) is 60.8 Å². The van der Waals surface area contributed by atoms with Gasteiger partial charge in [-0.3, -0.25) is 4.79 Å². The first-order chi connectivity index (χ1) is 16.2. The summed E-state index contributed by atoms with van der Waals surface area (Å²) in [4.78, 5) is 31.5. The molecule has 1 aliphatic rings. The Balaban J connectivity index is 1.31. The molecule has 2 heterocycles. The molecule has 4 rings (SSSR count). The summed E-state index contributed by atoms with van der Waals surface area (Å²) in [7, 11) is 0. The van der Waals surface area contributed by atoms with E-state index in [-0.39, 0.29) is 11.6 Å². The number of carbonyl (C=O) groups is 2. The van der Waals surface area contributed by atoms with E-state index in [0.717, 1.165) is 17.8 Å². The fourth-order valence-corrected chi connectivity index (χ4v) is 3.90. The molecule has 34 heavy (non-hydrogen) atoms. The third-order valence-corrected chi connectivity index (χ3v) is 5.74. The first kappa shape index (κ1) is 23.5. The number of alkyl halides is 3. The second-order valence-electron chi connectivity index (χ2n) is 7.68. The average Bonchev–Trinajstić information content (AvgIpc) is 3.35. The van der Waals surface area contributed by atoms with Gasteiger partial charge in [0.15, 0.2) is 0 Å². The lowest BCUT2D eigenvalue weighted by Gasteiger charge is -2.36. The summed E-state index contributed by atoms with van der Waals surface area (Å²) in [5.41, 5.74) is 0.927. The SMILES string of the molecule is O=C(Nc1ccc(N2CCN(C(=O)c3ccc[nH]3)CC2)cc1)Nc1ccc(Cl)c(C(F)(F)F)c1. The van der Waals surface area contributed by atoms with Gasteiger partial charge in [-0.25, -0.2) is 4.79 Å². The number of hydrogen-bond acceptors (Lipinski definition) is 3. The van der Waals surface area contributed by atoms with Gasteiger partial charge >= 0.3 is 12.2 Å². The van der Waals surface area contributed by atoms with E-state index in [1.54, 1.807) is 35.4 Å². The zero-order valence-corrected chi connectivity index (χ0v) is 18.6. The zero-order chi connectivity index (χ0) is 24.3. The fraction of sp³-hybridized carbons (Fsp3) is 0.217. The highest BCUT2D eigenvalue weighted by Crippen LogP contribution is 2.36. The van der Waals surface area contributed by atoms with E-state index in [4.69, 9.17) is 11.6 Å². The maximum Gasteiger partial charge on any atom is 0.417 e. The van der Waals surface area contributed by atoms with Gasteiger partial charge in [-0.05, 0) is 54.6 Å². The van der Waals surface area contributed by atoms with Crippen molar-refractivity contribution in [3.63, 3.8) is 0 Å². The zero-order valence-electron chi connectivity index (χ0n) is 17.8. The Labute approximate surface area is 198 Å². The molecule has 1 fully saturated rings. The van der Waals surface area contributed by atoms with Crippen molar-refractivity contribution in [2.24, 2.45) is 0 Å². The van der Waals surface area contributed by atoms with E-state index < -0.39 is 22.8 Å². The lowest BCUT2D eigenvalue weighted by Crippen LogP contribution is -2.48. The molecule has 0 saturated carbocycles. The number of benzene rings is 2. The van der Waals surface area contributed by atoms with E-state index >= 15 is 0 Å². The standard InChI is InChI=1S/C23H21ClF3N5O2/c24-19-8-5-16(14-18(19)23(25,26)27)30-22(34)29-15-3-6-17(7-4-15)31-10-12-32(13-11-31)21(33)20-2-1-9-28-20/h1-9,14,28H,10-13H2,(H2,29,30,34). The van der Waals surface area contributed by atoms with Gasteiger partial charge in [-0.2, -0.15) is 13.2 Å². The minimum Gasteiger partial charge on any atom is -0.368 e. The molecule has 1 saturated heterocycles. The van der Waals surface area contributed by atoms with Gasteiger partial charge in [-0.1, -0.05) is 11.6 Å². The number of nitrogens with zero attached hydrogens (tertiary/aromatic N) is 2. The number of carbonyl (C=O) groups excluding carboxylic acids is 2. The van der Waals surface area contributed by atoms with E-state index in [2.05, 4.69) is 20.5 Å². The van der Waals surface area contributed by atoms with Crippen LogP contribution >= 0.6 is 11.6 Å². The second kappa shape index (κ2) is 9.68. The molecule has 178 valence electrons.